The van der Waals surface area contributed by atoms with Crippen molar-refractivity contribution in [1.82, 2.24) is 5.43 Å². The van der Waals surface area contributed by atoms with Crippen LogP contribution in [-0.2, 0) is 4.79 Å². The van der Waals surface area contributed by atoms with E-state index in [1.165, 1.54) is 24.8 Å². The predicted octanol–water partition coefficient (Wildman–Crippen LogP) is 4.82. The highest BCUT2D eigenvalue weighted by Crippen LogP contribution is 2.29. The quantitative estimate of drug-likeness (QED) is 0.761. The van der Waals surface area contributed by atoms with Gasteiger partial charge in [0.25, 0.3) is 0 Å². The number of hydrogen-bond donors (Lipinski definition) is 2. The molecule has 0 spiro atoms. The van der Waals surface area contributed by atoms with E-state index in [1.807, 2.05) is 0 Å². The number of hydrogen-bond acceptors (Lipinski definition) is 4. The van der Waals surface area contributed by atoms with Crippen LogP contribution in [0.3, 0.4) is 0 Å². The Labute approximate surface area is 163 Å². The smallest absolute Gasteiger partial charge is 0.221 e. The molecular weight excluding hydrogens is 398 g/mol. The van der Waals surface area contributed by atoms with Gasteiger partial charge in [-0.05, 0) is 36.4 Å². The van der Waals surface area contributed by atoms with Crippen molar-refractivity contribution in [3.05, 3.63) is 57.8 Å². The van der Waals surface area contributed by atoms with Crippen LogP contribution < -0.4 is 10.7 Å². The molecule has 1 aliphatic heterocycles. The van der Waals surface area contributed by atoms with E-state index in [2.05, 4.69) is 20.8 Å². The molecule has 0 saturated heterocycles. The average Bonchev–Trinajstić information content (AvgIpc) is 2.58. The van der Waals surface area contributed by atoms with E-state index < -0.39 is 5.82 Å². The first kappa shape index (κ1) is 18.7. The fraction of sp³-hybridized carbons (Fsp3) is 0.118. The monoisotopic (exact) mass is 410 g/mol. The molecule has 26 heavy (non-hydrogen) atoms. The Morgan fingerprint density at radius 2 is 2.12 bits per heavy atom. The number of amides is 1. The first-order valence-corrected chi connectivity index (χ1v) is 9.23. The van der Waals surface area contributed by atoms with Crippen molar-refractivity contribution < 1.29 is 9.18 Å². The second-order valence-electron chi connectivity index (χ2n) is 5.35. The van der Waals surface area contributed by atoms with Gasteiger partial charge in [-0.25, -0.2) is 9.38 Å². The number of halogens is 3. The summed E-state index contributed by atoms with van der Waals surface area (Å²) in [7, 11) is 0. The van der Waals surface area contributed by atoms with Crippen molar-refractivity contribution in [1.29, 1.82) is 0 Å². The molecule has 0 unspecified atom stereocenters. The fourth-order valence-electron chi connectivity index (χ4n) is 2.22. The number of amidine groups is 1. The number of carbonyl (C=O) groups is 1. The zero-order valence-electron chi connectivity index (χ0n) is 13.5. The minimum absolute atomic E-state index is 0.258. The number of carbonyl (C=O) groups excluding carboxylic acids is 1. The Balaban J connectivity index is 1.77. The Morgan fingerprint density at radius 3 is 2.73 bits per heavy atom. The van der Waals surface area contributed by atoms with Gasteiger partial charge in [-0.2, -0.15) is 5.10 Å². The van der Waals surface area contributed by atoms with Crippen LogP contribution in [0.1, 0.15) is 12.5 Å². The lowest BCUT2D eigenvalue weighted by atomic mass is 10.1. The highest BCUT2D eigenvalue weighted by Gasteiger charge is 2.17. The third-order valence-corrected chi connectivity index (χ3v) is 4.78. The number of rotatable bonds is 3. The molecule has 9 heteroatoms. The molecule has 0 aromatic heterocycles. The molecule has 1 heterocycles. The maximum atomic E-state index is 14.3. The SMILES string of the molecule is CC(=O)Nc1ccc(C2=NNC(=Nc3ccc(Cl)cc3Cl)SC2)c(F)c1. The number of anilines is 1. The van der Waals surface area contributed by atoms with Gasteiger partial charge >= 0.3 is 0 Å². The van der Waals surface area contributed by atoms with Crippen molar-refractivity contribution in [2.24, 2.45) is 10.1 Å². The predicted molar refractivity (Wildman–Crippen MR) is 106 cm³/mol. The Hall–Kier alpha value is -2.09. The zero-order chi connectivity index (χ0) is 18.7. The molecule has 0 atom stereocenters. The van der Waals surface area contributed by atoms with Crippen LogP contribution in [0.4, 0.5) is 15.8 Å². The van der Waals surface area contributed by atoms with E-state index in [9.17, 15) is 9.18 Å². The highest BCUT2D eigenvalue weighted by atomic mass is 35.5. The maximum Gasteiger partial charge on any atom is 0.221 e. The van der Waals surface area contributed by atoms with Crippen LogP contribution in [0.15, 0.2) is 46.5 Å². The Kier molecular flexibility index (Phi) is 5.80. The van der Waals surface area contributed by atoms with Crippen molar-refractivity contribution in [3.63, 3.8) is 0 Å². The summed E-state index contributed by atoms with van der Waals surface area (Å²) < 4.78 is 14.3. The first-order valence-electron chi connectivity index (χ1n) is 7.49. The van der Waals surface area contributed by atoms with Gasteiger partial charge in [0.15, 0.2) is 5.17 Å². The summed E-state index contributed by atoms with van der Waals surface area (Å²) in [5, 5.41) is 8.24. The van der Waals surface area contributed by atoms with Crippen molar-refractivity contribution >= 4 is 63.1 Å². The number of aliphatic imine (C=N–C) groups is 1. The van der Waals surface area contributed by atoms with Gasteiger partial charge in [0.2, 0.25) is 5.91 Å². The van der Waals surface area contributed by atoms with Gasteiger partial charge in [0, 0.05) is 29.0 Å². The molecule has 0 radical (unpaired) electrons. The highest BCUT2D eigenvalue weighted by molar-refractivity contribution is 8.14. The van der Waals surface area contributed by atoms with Crippen molar-refractivity contribution in [2.45, 2.75) is 6.92 Å². The standard InChI is InChI=1S/C17H13Cl2FN4OS/c1-9(25)21-11-3-4-12(14(20)7-11)16-8-26-17(24-23-16)22-15-5-2-10(18)6-13(15)19/h2-7H,8H2,1H3,(H,21,25)(H,22,24). The summed E-state index contributed by atoms with van der Waals surface area (Å²) in [5.74, 6) is -0.280. The Bertz CT molecular complexity index is 933. The lowest BCUT2D eigenvalue weighted by molar-refractivity contribution is -0.114. The fourth-order valence-corrected chi connectivity index (χ4v) is 3.44. The number of nitrogens with zero attached hydrogens (tertiary/aromatic N) is 2. The van der Waals surface area contributed by atoms with Gasteiger partial charge in [-0.15, -0.1) is 0 Å². The molecule has 0 saturated carbocycles. The molecule has 0 fully saturated rings. The molecule has 2 aromatic rings. The third-order valence-electron chi connectivity index (χ3n) is 3.36. The molecule has 134 valence electrons. The third kappa shape index (κ3) is 4.55. The zero-order valence-corrected chi connectivity index (χ0v) is 15.8. The first-order chi connectivity index (χ1) is 12.4. The second kappa shape index (κ2) is 8.07. The number of nitrogens with one attached hydrogen (secondary N) is 2. The van der Waals surface area contributed by atoms with Crippen LogP contribution >= 0.6 is 35.0 Å². The van der Waals surface area contributed by atoms with Crippen LogP contribution in [0.25, 0.3) is 0 Å². The molecule has 1 aliphatic rings. The van der Waals surface area contributed by atoms with Crippen molar-refractivity contribution in [2.75, 3.05) is 11.1 Å². The number of thioether (sulfide) groups is 1. The minimum Gasteiger partial charge on any atom is -0.326 e. The van der Waals surface area contributed by atoms with Crippen LogP contribution in [0.5, 0.6) is 0 Å². The molecule has 0 bridgehead atoms. The molecule has 2 N–H and O–H groups in total. The summed E-state index contributed by atoms with van der Waals surface area (Å²) in [6.07, 6.45) is 0. The molecular formula is C17H13Cl2FN4OS. The summed E-state index contributed by atoms with van der Waals surface area (Å²) in [4.78, 5) is 15.4. The van der Waals surface area contributed by atoms with Gasteiger partial charge in [-0.1, -0.05) is 35.0 Å². The van der Waals surface area contributed by atoms with Crippen LogP contribution in [0, 0.1) is 5.82 Å². The lowest BCUT2D eigenvalue weighted by Crippen LogP contribution is -2.25. The average molecular weight is 411 g/mol. The molecule has 1 amide bonds. The van der Waals surface area contributed by atoms with Gasteiger partial charge < -0.3 is 5.32 Å². The number of hydrazone groups is 1. The van der Waals surface area contributed by atoms with Crippen LogP contribution in [0.2, 0.25) is 10.0 Å². The summed E-state index contributed by atoms with van der Waals surface area (Å²) in [6, 6.07) is 9.49. The van der Waals surface area contributed by atoms with E-state index in [0.29, 0.717) is 43.6 Å². The lowest BCUT2D eigenvalue weighted by Gasteiger charge is -2.16. The molecule has 0 aliphatic carbocycles. The number of benzene rings is 2. The molecule has 5 nitrogen and oxygen atoms in total. The van der Waals surface area contributed by atoms with Crippen LogP contribution in [-0.4, -0.2) is 22.5 Å². The maximum absolute atomic E-state index is 14.3. The van der Waals surface area contributed by atoms with E-state index >= 15 is 0 Å². The van der Waals surface area contributed by atoms with E-state index in [-0.39, 0.29) is 5.91 Å². The van der Waals surface area contributed by atoms with E-state index in [1.54, 1.807) is 30.3 Å². The van der Waals surface area contributed by atoms with E-state index in [4.69, 9.17) is 23.2 Å². The largest absolute Gasteiger partial charge is 0.326 e. The Morgan fingerprint density at radius 1 is 1.31 bits per heavy atom. The van der Waals surface area contributed by atoms with Gasteiger partial charge in [0.1, 0.15) is 5.82 Å². The van der Waals surface area contributed by atoms with E-state index in [0.717, 1.165) is 0 Å². The molecule has 2 aromatic carbocycles. The topological polar surface area (TPSA) is 65.8 Å². The summed E-state index contributed by atoms with van der Waals surface area (Å²) in [6.45, 7) is 1.37. The second-order valence-corrected chi connectivity index (χ2v) is 7.16. The normalized spacial score (nSPS) is 15.4. The summed E-state index contributed by atoms with van der Waals surface area (Å²) in [5.41, 5.74) is 4.68. The molecule has 3 rings (SSSR count). The van der Waals surface area contributed by atoms with Gasteiger partial charge in [-0.3, -0.25) is 10.2 Å². The van der Waals surface area contributed by atoms with Crippen molar-refractivity contribution in [3.8, 4) is 0 Å². The summed E-state index contributed by atoms with van der Waals surface area (Å²) >= 11 is 13.3. The van der Waals surface area contributed by atoms with Gasteiger partial charge in [0.05, 0.1) is 16.4 Å². The minimum atomic E-state index is -0.460.